The van der Waals surface area contributed by atoms with Crippen molar-refractivity contribution in [2.75, 3.05) is 5.43 Å². The van der Waals surface area contributed by atoms with Crippen LogP contribution in [0.3, 0.4) is 0 Å². The molecule has 1 aromatic heterocycles. The number of nitrogens with zero attached hydrogens (tertiary/aromatic N) is 3. The van der Waals surface area contributed by atoms with E-state index in [0.717, 1.165) is 0 Å². The summed E-state index contributed by atoms with van der Waals surface area (Å²) in [5, 5.41) is 10.9. The van der Waals surface area contributed by atoms with E-state index < -0.39 is 10.5 Å². The fourth-order valence-electron chi connectivity index (χ4n) is 1.18. The van der Waals surface area contributed by atoms with Gasteiger partial charge in [0.15, 0.2) is 0 Å². The van der Waals surface area contributed by atoms with Crippen LogP contribution in [0.1, 0.15) is 26.5 Å². The summed E-state index contributed by atoms with van der Waals surface area (Å²) in [6.07, 6.45) is 0. The summed E-state index contributed by atoms with van der Waals surface area (Å²) in [7, 11) is 0. The number of aryl methyl sites for hydroxylation is 1. The smallest absolute Gasteiger partial charge is 0.352 e. The zero-order valence-corrected chi connectivity index (χ0v) is 10.1. The third kappa shape index (κ3) is 3.25. The van der Waals surface area contributed by atoms with Crippen molar-refractivity contribution < 1.29 is 9.66 Å². The van der Waals surface area contributed by atoms with E-state index in [0.29, 0.717) is 0 Å². The fraction of sp³-hybridized carbons (Fsp3) is 0.556. The number of anilines is 1. The SMILES string of the molecule is Cc1nc(NN)nc(OC(C)(C)C)c1[N+](=O)[O-]. The first-order valence-electron chi connectivity index (χ1n) is 4.93. The Morgan fingerprint density at radius 1 is 1.41 bits per heavy atom. The van der Waals surface area contributed by atoms with E-state index in [-0.39, 0.29) is 23.2 Å². The lowest BCUT2D eigenvalue weighted by atomic mass is 10.2. The molecule has 0 atom stereocenters. The quantitative estimate of drug-likeness (QED) is 0.463. The topological polar surface area (TPSA) is 116 Å². The minimum atomic E-state index is -0.600. The van der Waals surface area contributed by atoms with Crippen molar-refractivity contribution in [3.8, 4) is 5.88 Å². The average Bonchev–Trinajstić information content (AvgIpc) is 2.13. The summed E-state index contributed by atoms with van der Waals surface area (Å²) in [5.41, 5.74) is 1.58. The Labute approximate surface area is 98.3 Å². The van der Waals surface area contributed by atoms with Crippen LogP contribution in [-0.4, -0.2) is 20.5 Å². The standard InChI is InChI=1S/C9H15N5O3/c1-5-6(14(15)16)7(17-9(2,3)4)12-8(11-5)13-10/h10H2,1-4H3,(H,11,12,13). The van der Waals surface area contributed by atoms with Gasteiger partial charge in [-0.15, -0.1) is 0 Å². The highest BCUT2D eigenvalue weighted by Crippen LogP contribution is 2.30. The van der Waals surface area contributed by atoms with E-state index in [4.69, 9.17) is 10.6 Å². The molecule has 1 rings (SSSR count). The average molecular weight is 241 g/mol. The number of hydrogen-bond donors (Lipinski definition) is 2. The van der Waals surface area contributed by atoms with Gasteiger partial charge in [0.2, 0.25) is 5.95 Å². The van der Waals surface area contributed by atoms with Crippen LogP contribution >= 0.6 is 0 Å². The molecule has 0 saturated heterocycles. The minimum absolute atomic E-state index is 0.0762. The molecule has 1 heterocycles. The number of nitrogens with one attached hydrogen (secondary N) is 1. The highest BCUT2D eigenvalue weighted by molar-refractivity contribution is 5.48. The summed E-state index contributed by atoms with van der Waals surface area (Å²) in [6.45, 7) is 6.80. The third-order valence-corrected chi connectivity index (χ3v) is 1.74. The van der Waals surface area contributed by atoms with Gasteiger partial charge in [-0.05, 0) is 27.7 Å². The van der Waals surface area contributed by atoms with Crippen LogP contribution in [0.25, 0.3) is 0 Å². The molecule has 0 aromatic carbocycles. The number of hydrogen-bond acceptors (Lipinski definition) is 7. The Hall–Kier alpha value is -1.96. The first kappa shape index (κ1) is 13.1. The summed E-state index contributed by atoms with van der Waals surface area (Å²) in [4.78, 5) is 18.0. The first-order chi connectivity index (χ1) is 7.74. The largest absolute Gasteiger partial charge is 0.467 e. The predicted molar refractivity (Wildman–Crippen MR) is 61.6 cm³/mol. The number of ether oxygens (including phenoxy) is 1. The number of nitro groups is 1. The summed E-state index contributed by atoms with van der Waals surface area (Å²) in [5.74, 6) is 5.16. The van der Waals surface area contributed by atoms with Crippen molar-refractivity contribution in [3.63, 3.8) is 0 Å². The van der Waals surface area contributed by atoms with Crippen molar-refractivity contribution >= 4 is 11.6 Å². The lowest BCUT2D eigenvalue weighted by Gasteiger charge is -2.20. The molecular weight excluding hydrogens is 226 g/mol. The highest BCUT2D eigenvalue weighted by atomic mass is 16.6. The van der Waals surface area contributed by atoms with Gasteiger partial charge < -0.3 is 4.74 Å². The molecule has 0 saturated carbocycles. The molecular formula is C9H15N5O3. The van der Waals surface area contributed by atoms with Crippen LogP contribution in [0, 0.1) is 17.0 Å². The van der Waals surface area contributed by atoms with Gasteiger partial charge in [0.05, 0.1) is 4.92 Å². The van der Waals surface area contributed by atoms with Crippen molar-refractivity contribution in [1.82, 2.24) is 9.97 Å². The molecule has 0 spiro atoms. The van der Waals surface area contributed by atoms with Crippen LogP contribution in [0.5, 0.6) is 5.88 Å². The second-order valence-electron chi connectivity index (χ2n) is 4.40. The molecule has 0 aliphatic carbocycles. The van der Waals surface area contributed by atoms with E-state index in [2.05, 4.69) is 15.4 Å². The first-order valence-corrected chi connectivity index (χ1v) is 4.93. The zero-order chi connectivity index (χ0) is 13.2. The lowest BCUT2D eigenvalue weighted by Crippen LogP contribution is -2.25. The molecule has 0 radical (unpaired) electrons. The molecule has 3 N–H and O–H groups in total. The predicted octanol–water partition coefficient (Wildman–Crippen LogP) is 1.16. The Balaban J connectivity index is 3.32. The second kappa shape index (κ2) is 4.50. The minimum Gasteiger partial charge on any atom is -0.467 e. The van der Waals surface area contributed by atoms with Gasteiger partial charge in [0.25, 0.3) is 5.88 Å². The molecule has 8 heteroatoms. The number of hydrazine groups is 1. The Kier molecular flexibility index (Phi) is 3.47. The van der Waals surface area contributed by atoms with Gasteiger partial charge in [-0.3, -0.25) is 15.5 Å². The monoisotopic (exact) mass is 241 g/mol. The van der Waals surface area contributed by atoms with Gasteiger partial charge in [-0.2, -0.15) is 4.98 Å². The molecule has 1 aromatic rings. The Bertz CT molecular complexity index is 441. The van der Waals surface area contributed by atoms with Crippen molar-refractivity contribution in [1.29, 1.82) is 0 Å². The molecule has 8 nitrogen and oxygen atoms in total. The van der Waals surface area contributed by atoms with Crippen molar-refractivity contribution in [2.45, 2.75) is 33.3 Å². The van der Waals surface area contributed by atoms with Gasteiger partial charge in [-0.1, -0.05) is 0 Å². The van der Waals surface area contributed by atoms with Gasteiger partial charge in [-0.25, -0.2) is 10.8 Å². The van der Waals surface area contributed by atoms with Gasteiger partial charge >= 0.3 is 5.69 Å². The van der Waals surface area contributed by atoms with E-state index in [1.807, 2.05) is 0 Å². The highest BCUT2D eigenvalue weighted by Gasteiger charge is 2.27. The van der Waals surface area contributed by atoms with Gasteiger partial charge in [0.1, 0.15) is 11.3 Å². The molecule has 0 aliphatic rings. The van der Waals surface area contributed by atoms with Crippen molar-refractivity contribution in [3.05, 3.63) is 15.8 Å². The van der Waals surface area contributed by atoms with Crippen LogP contribution in [0.15, 0.2) is 0 Å². The Morgan fingerprint density at radius 2 is 2.00 bits per heavy atom. The maximum absolute atomic E-state index is 10.9. The van der Waals surface area contributed by atoms with Crippen molar-refractivity contribution in [2.24, 2.45) is 5.84 Å². The lowest BCUT2D eigenvalue weighted by molar-refractivity contribution is -0.387. The molecule has 0 amide bonds. The maximum atomic E-state index is 10.9. The fourth-order valence-corrected chi connectivity index (χ4v) is 1.18. The summed E-state index contributed by atoms with van der Waals surface area (Å²) < 4.78 is 5.43. The van der Waals surface area contributed by atoms with Crippen LogP contribution in [0.2, 0.25) is 0 Å². The summed E-state index contributed by atoms with van der Waals surface area (Å²) >= 11 is 0. The molecule has 0 bridgehead atoms. The van der Waals surface area contributed by atoms with E-state index in [1.54, 1.807) is 20.8 Å². The molecule has 17 heavy (non-hydrogen) atoms. The van der Waals surface area contributed by atoms with E-state index in [1.165, 1.54) is 6.92 Å². The third-order valence-electron chi connectivity index (χ3n) is 1.74. The molecule has 0 aliphatic heterocycles. The summed E-state index contributed by atoms with van der Waals surface area (Å²) in [6, 6.07) is 0. The van der Waals surface area contributed by atoms with Crippen LogP contribution in [-0.2, 0) is 0 Å². The molecule has 94 valence electrons. The van der Waals surface area contributed by atoms with Crippen LogP contribution in [0.4, 0.5) is 11.6 Å². The van der Waals surface area contributed by atoms with Crippen LogP contribution < -0.4 is 16.0 Å². The van der Waals surface area contributed by atoms with E-state index in [9.17, 15) is 10.1 Å². The zero-order valence-electron chi connectivity index (χ0n) is 10.1. The normalized spacial score (nSPS) is 11.1. The van der Waals surface area contributed by atoms with Gasteiger partial charge in [0, 0.05) is 0 Å². The maximum Gasteiger partial charge on any atom is 0.352 e. The molecule has 0 unspecified atom stereocenters. The Morgan fingerprint density at radius 3 is 2.41 bits per heavy atom. The number of nitrogen functional groups attached to an aromatic ring is 1. The number of nitrogens with two attached hydrogens (primary N) is 1. The number of rotatable bonds is 3. The second-order valence-corrected chi connectivity index (χ2v) is 4.40. The molecule has 0 fully saturated rings. The number of aromatic nitrogens is 2. The van der Waals surface area contributed by atoms with E-state index >= 15 is 0 Å².